The van der Waals surface area contributed by atoms with Crippen LogP contribution < -0.4 is 5.32 Å². The molecule has 110 valence electrons. The quantitative estimate of drug-likeness (QED) is 0.639. The zero-order valence-electron chi connectivity index (χ0n) is 11.7. The largest absolute Gasteiger partial charge is 0.351 e. The number of carbonyl (C=O) groups is 1. The first kappa shape index (κ1) is 16.3. The Morgan fingerprint density at radius 1 is 1.35 bits per heavy atom. The van der Waals surface area contributed by atoms with Crippen molar-refractivity contribution in [3.05, 3.63) is 29.3 Å². The molecular weight excluding hydrogens is 280 g/mol. The second-order valence-corrected chi connectivity index (χ2v) is 6.12. The molecule has 0 spiro atoms. The molecule has 0 aliphatic rings. The van der Waals surface area contributed by atoms with Crippen molar-refractivity contribution in [3.63, 3.8) is 0 Å². The summed E-state index contributed by atoms with van der Waals surface area (Å²) in [6.07, 6.45) is 0. The van der Waals surface area contributed by atoms with Crippen LogP contribution in [0.1, 0.15) is 29.8 Å². The number of nitrogens with one attached hydrogen (secondary N) is 1. The molecule has 2 N–H and O–H groups in total. The number of hydrogen-bond acceptors (Lipinski definition) is 4. The topological polar surface area (TPSA) is 95.8 Å². The molecule has 0 fully saturated rings. The highest BCUT2D eigenvalue weighted by Gasteiger charge is 2.12. The highest BCUT2D eigenvalue weighted by molar-refractivity contribution is 7.85. The smallest absolute Gasteiger partial charge is 0.266 e. The fraction of sp³-hybridized carbons (Fsp3) is 0.385. The molecule has 7 heteroatoms. The van der Waals surface area contributed by atoms with Crippen molar-refractivity contribution < 1.29 is 17.8 Å². The third-order valence-electron chi connectivity index (χ3n) is 2.54. The van der Waals surface area contributed by atoms with Gasteiger partial charge in [-0.05, 0) is 38.5 Å². The second kappa shape index (κ2) is 6.62. The number of hydrogen-bond donors (Lipinski definition) is 2. The van der Waals surface area contributed by atoms with Gasteiger partial charge < -0.3 is 5.32 Å². The van der Waals surface area contributed by atoms with E-state index >= 15 is 0 Å². The summed E-state index contributed by atoms with van der Waals surface area (Å²) < 4.78 is 29.8. The molecular formula is C13H18N2O4S. The lowest BCUT2D eigenvalue weighted by atomic mass is 10.1. The Kier molecular flexibility index (Phi) is 5.41. The van der Waals surface area contributed by atoms with Crippen LogP contribution >= 0.6 is 0 Å². The van der Waals surface area contributed by atoms with E-state index < -0.39 is 21.8 Å². The average molecular weight is 298 g/mol. The first-order valence-electron chi connectivity index (χ1n) is 6.05. The molecule has 1 aromatic rings. The average Bonchev–Trinajstić information content (AvgIpc) is 2.29. The Hall–Kier alpha value is -1.73. The number of amides is 1. The lowest BCUT2D eigenvalue weighted by molar-refractivity contribution is 0.0955. The zero-order valence-corrected chi connectivity index (χ0v) is 12.5. The normalized spacial score (nSPS) is 11.0. The van der Waals surface area contributed by atoms with Gasteiger partial charge >= 0.3 is 0 Å². The van der Waals surface area contributed by atoms with E-state index in [1.807, 2.05) is 13.8 Å². The Morgan fingerprint density at radius 3 is 2.55 bits per heavy atom. The minimum atomic E-state index is -4.07. The van der Waals surface area contributed by atoms with E-state index in [4.69, 9.17) is 4.55 Å². The van der Waals surface area contributed by atoms with Crippen LogP contribution in [0.3, 0.4) is 0 Å². The van der Waals surface area contributed by atoms with Crippen LogP contribution in [0, 0.1) is 6.92 Å². The summed E-state index contributed by atoms with van der Waals surface area (Å²) in [4.78, 5) is 16.3. The fourth-order valence-corrected chi connectivity index (χ4v) is 1.98. The maximum absolute atomic E-state index is 12.0. The number of benzene rings is 1. The van der Waals surface area contributed by atoms with Gasteiger partial charge in [0.1, 0.15) is 0 Å². The first-order chi connectivity index (χ1) is 9.20. The number of nitrogens with zero attached hydrogens (tertiary/aromatic N) is 1. The predicted molar refractivity (Wildman–Crippen MR) is 78.4 cm³/mol. The van der Waals surface area contributed by atoms with Gasteiger partial charge in [-0.1, -0.05) is 6.07 Å². The molecule has 1 rings (SSSR count). The Morgan fingerprint density at radius 2 is 2.00 bits per heavy atom. The van der Waals surface area contributed by atoms with Crippen LogP contribution in [-0.2, 0) is 10.1 Å². The molecule has 0 bridgehead atoms. The van der Waals surface area contributed by atoms with Crippen molar-refractivity contribution in [3.8, 4) is 0 Å². The molecule has 0 saturated carbocycles. The standard InChI is InChI=1S/C13H18N2O4S/c1-9(2)15-12-6-4-5-11(10(12)3)13(16)14-7-8-20(17,18)19/h4-6H,7-8H2,1-3H3,(H,14,16)(H,17,18,19). The van der Waals surface area contributed by atoms with Crippen molar-refractivity contribution in [2.45, 2.75) is 20.8 Å². The van der Waals surface area contributed by atoms with E-state index in [0.29, 0.717) is 11.3 Å². The molecule has 0 heterocycles. The van der Waals surface area contributed by atoms with E-state index in [9.17, 15) is 13.2 Å². The van der Waals surface area contributed by atoms with E-state index in [1.54, 1.807) is 25.1 Å². The summed E-state index contributed by atoms with van der Waals surface area (Å²) >= 11 is 0. The minimum Gasteiger partial charge on any atom is -0.351 e. The van der Waals surface area contributed by atoms with Crippen LogP contribution in [0.25, 0.3) is 0 Å². The zero-order chi connectivity index (χ0) is 15.3. The van der Waals surface area contributed by atoms with E-state index in [-0.39, 0.29) is 6.54 Å². The van der Waals surface area contributed by atoms with Gasteiger partial charge in [-0.2, -0.15) is 8.42 Å². The van der Waals surface area contributed by atoms with Crippen molar-refractivity contribution >= 4 is 27.4 Å². The molecule has 1 amide bonds. The summed E-state index contributed by atoms with van der Waals surface area (Å²) in [7, 11) is -4.07. The number of rotatable bonds is 5. The van der Waals surface area contributed by atoms with Gasteiger partial charge in [-0.25, -0.2) is 0 Å². The van der Waals surface area contributed by atoms with Crippen LogP contribution in [0.15, 0.2) is 23.2 Å². The van der Waals surface area contributed by atoms with Crippen LogP contribution in [-0.4, -0.2) is 36.9 Å². The van der Waals surface area contributed by atoms with E-state index in [1.165, 1.54) is 0 Å². The third-order valence-corrected chi connectivity index (χ3v) is 3.26. The molecule has 0 atom stereocenters. The molecule has 0 aliphatic heterocycles. The van der Waals surface area contributed by atoms with Crippen LogP contribution in [0.2, 0.25) is 0 Å². The SMILES string of the molecule is CC(C)=Nc1cccc(C(=O)NCCS(=O)(=O)O)c1C. The Labute approximate surface area is 118 Å². The molecule has 1 aromatic carbocycles. The van der Waals surface area contributed by atoms with Crippen molar-refractivity contribution in [1.29, 1.82) is 0 Å². The summed E-state index contributed by atoms with van der Waals surface area (Å²) in [5, 5.41) is 2.45. The van der Waals surface area contributed by atoms with Gasteiger partial charge in [-0.15, -0.1) is 0 Å². The summed E-state index contributed by atoms with van der Waals surface area (Å²) in [6, 6.07) is 5.16. The van der Waals surface area contributed by atoms with Crippen molar-refractivity contribution in [1.82, 2.24) is 5.32 Å². The van der Waals surface area contributed by atoms with Gasteiger partial charge in [-0.3, -0.25) is 14.3 Å². The molecule has 0 radical (unpaired) electrons. The number of aliphatic imine (C=N–C) groups is 1. The predicted octanol–water partition coefficient (Wildman–Crippen LogP) is 1.72. The van der Waals surface area contributed by atoms with Crippen LogP contribution in [0.4, 0.5) is 5.69 Å². The summed E-state index contributed by atoms with van der Waals surface area (Å²) in [5.41, 5.74) is 2.73. The van der Waals surface area contributed by atoms with Gasteiger partial charge in [0, 0.05) is 17.8 Å². The molecule has 0 aromatic heterocycles. The third kappa shape index (κ3) is 5.10. The highest BCUT2D eigenvalue weighted by atomic mass is 32.2. The Bertz CT molecular complexity index is 632. The lowest BCUT2D eigenvalue weighted by Gasteiger charge is -2.09. The Balaban J connectivity index is 2.86. The van der Waals surface area contributed by atoms with Gasteiger partial charge in [0.2, 0.25) is 0 Å². The van der Waals surface area contributed by atoms with Crippen molar-refractivity contribution in [2.24, 2.45) is 4.99 Å². The molecule has 6 nitrogen and oxygen atoms in total. The summed E-state index contributed by atoms with van der Waals surface area (Å²) in [6.45, 7) is 5.35. The monoisotopic (exact) mass is 298 g/mol. The lowest BCUT2D eigenvalue weighted by Crippen LogP contribution is -2.29. The maximum Gasteiger partial charge on any atom is 0.266 e. The van der Waals surface area contributed by atoms with Gasteiger partial charge in [0.25, 0.3) is 16.0 Å². The van der Waals surface area contributed by atoms with Crippen LogP contribution in [0.5, 0.6) is 0 Å². The fourth-order valence-electron chi connectivity index (χ4n) is 1.62. The van der Waals surface area contributed by atoms with Gasteiger partial charge in [0.05, 0.1) is 11.4 Å². The van der Waals surface area contributed by atoms with E-state index in [0.717, 1.165) is 11.3 Å². The van der Waals surface area contributed by atoms with Crippen molar-refractivity contribution in [2.75, 3.05) is 12.3 Å². The van der Waals surface area contributed by atoms with E-state index in [2.05, 4.69) is 10.3 Å². The number of carbonyl (C=O) groups excluding carboxylic acids is 1. The second-order valence-electron chi connectivity index (χ2n) is 4.55. The maximum atomic E-state index is 12.0. The molecule has 0 aliphatic carbocycles. The highest BCUT2D eigenvalue weighted by Crippen LogP contribution is 2.22. The minimum absolute atomic E-state index is 0.141. The molecule has 20 heavy (non-hydrogen) atoms. The van der Waals surface area contributed by atoms with Gasteiger partial charge in [0.15, 0.2) is 0 Å². The first-order valence-corrected chi connectivity index (χ1v) is 7.66. The summed E-state index contributed by atoms with van der Waals surface area (Å²) in [5.74, 6) is -0.902. The molecule has 0 unspecified atom stereocenters. The molecule has 0 saturated heterocycles.